The Balaban J connectivity index is 1.36. The van der Waals surface area contributed by atoms with Crippen molar-refractivity contribution in [3.63, 3.8) is 0 Å². The molecule has 0 aliphatic rings. The van der Waals surface area contributed by atoms with Crippen molar-refractivity contribution in [2.24, 2.45) is 0 Å². The first kappa shape index (κ1) is 22.9. The maximum atomic E-state index is 6.52. The number of anilines is 3. The van der Waals surface area contributed by atoms with Crippen molar-refractivity contribution in [1.82, 2.24) is 0 Å². The molecule has 0 radical (unpaired) electrons. The van der Waals surface area contributed by atoms with Gasteiger partial charge in [0.15, 0.2) is 0 Å². The van der Waals surface area contributed by atoms with Gasteiger partial charge in [0.25, 0.3) is 0 Å². The molecule has 7 aromatic carbocycles. The second kappa shape index (κ2) is 8.84. The van der Waals surface area contributed by atoms with Crippen LogP contribution in [-0.4, -0.2) is 14.5 Å². The minimum absolute atomic E-state index is 0.273. The van der Waals surface area contributed by atoms with Gasteiger partial charge in [0, 0.05) is 0 Å². The molecule has 0 bridgehead atoms. The summed E-state index contributed by atoms with van der Waals surface area (Å²) in [5.41, 5.74) is 5.05. The van der Waals surface area contributed by atoms with E-state index >= 15 is 0 Å². The van der Waals surface area contributed by atoms with Crippen molar-refractivity contribution in [1.29, 1.82) is 0 Å². The maximum absolute atomic E-state index is 6.52. The zero-order chi connectivity index (χ0) is 26.9. The number of rotatable bonds is 3. The molecule has 2 heterocycles. The third-order valence-corrected chi connectivity index (χ3v) is 10.8. The van der Waals surface area contributed by atoms with Crippen molar-refractivity contribution >= 4 is 94.3 Å². The Labute approximate surface area is 242 Å². The van der Waals surface area contributed by atoms with Crippen molar-refractivity contribution in [3.05, 3.63) is 140 Å². The average Bonchev–Trinajstić information content (AvgIpc) is 3.60. The first-order valence-corrected chi connectivity index (χ1v) is 15.6. The molecule has 41 heavy (non-hydrogen) atoms. The van der Waals surface area contributed by atoms with E-state index in [0.717, 1.165) is 39.0 Å². The first-order valence-electron chi connectivity index (χ1n) is 13.9. The second-order valence-electron chi connectivity index (χ2n) is 10.5. The van der Waals surface area contributed by atoms with Crippen LogP contribution in [0.2, 0.25) is 0 Å². The molecule has 192 valence electrons. The van der Waals surface area contributed by atoms with Gasteiger partial charge in [-0.1, -0.05) is 0 Å². The monoisotopic (exact) mass is 589 g/mol. The van der Waals surface area contributed by atoms with Gasteiger partial charge in [0.2, 0.25) is 0 Å². The third-order valence-electron chi connectivity index (χ3n) is 8.22. The molecule has 0 aliphatic carbocycles. The fourth-order valence-electron chi connectivity index (χ4n) is 6.36. The molecule has 0 fully saturated rings. The SMILES string of the molecule is c1ccc(N(c2ccc3ccc4ccc5c6ccccc6[se]c5c4c3c2)c2cccc3c2oc2ccccc23)cc1. The van der Waals surface area contributed by atoms with E-state index in [4.69, 9.17) is 4.42 Å². The van der Waals surface area contributed by atoms with Crippen LogP contribution in [0.1, 0.15) is 0 Å². The van der Waals surface area contributed by atoms with Crippen LogP contribution in [0.5, 0.6) is 0 Å². The Morgan fingerprint density at radius 1 is 0.488 bits per heavy atom. The molecule has 0 saturated carbocycles. The molecule has 3 heteroatoms. The Bertz CT molecular complexity index is 2430. The molecule has 9 aromatic rings. The van der Waals surface area contributed by atoms with Gasteiger partial charge in [-0.05, 0) is 0 Å². The van der Waals surface area contributed by atoms with E-state index in [1.54, 1.807) is 0 Å². The summed E-state index contributed by atoms with van der Waals surface area (Å²) in [6.07, 6.45) is 0. The summed E-state index contributed by atoms with van der Waals surface area (Å²) >= 11 is 0.273. The van der Waals surface area contributed by atoms with E-state index in [-0.39, 0.29) is 14.5 Å². The molecule has 0 amide bonds. The first-order chi connectivity index (χ1) is 20.3. The summed E-state index contributed by atoms with van der Waals surface area (Å²) in [5.74, 6) is 0. The number of hydrogen-bond donors (Lipinski definition) is 0. The fraction of sp³-hybridized carbons (Fsp3) is 0. The van der Waals surface area contributed by atoms with Crippen LogP contribution in [0.25, 0.3) is 62.8 Å². The van der Waals surface area contributed by atoms with Crippen molar-refractivity contribution < 1.29 is 4.42 Å². The van der Waals surface area contributed by atoms with Crippen LogP contribution < -0.4 is 4.90 Å². The molecular formula is C38H23NOSe. The Morgan fingerprint density at radius 2 is 1.22 bits per heavy atom. The topological polar surface area (TPSA) is 16.4 Å². The normalized spacial score (nSPS) is 11.9. The zero-order valence-corrected chi connectivity index (χ0v) is 23.8. The minimum atomic E-state index is 0.273. The molecule has 0 saturated heterocycles. The van der Waals surface area contributed by atoms with Gasteiger partial charge in [-0.15, -0.1) is 0 Å². The van der Waals surface area contributed by atoms with E-state index < -0.39 is 0 Å². The third kappa shape index (κ3) is 3.44. The molecular weight excluding hydrogens is 565 g/mol. The molecule has 2 aromatic heterocycles. The predicted octanol–water partition coefficient (Wildman–Crippen LogP) is 10.7. The number of fused-ring (bicyclic) bond motifs is 10. The predicted molar refractivity (Wildman–Crippen MR) is 175 cm³/mol. The van der Waals surface area contributed by atoms with Gasteiger partial charge >= 0.3 is 243 Å². The van der Waals surface area contributed by atoms with Gasteiger partial charge in [0.05, 0.1) is 0 Å². The Kier molecular flexibility index (Phi) is 4.95. The Hall–Kier alpha value is -4.82. The van der Waals surface area contributed by atoms with Crippen molar-refractivity contribution in [2.45, 2.75) is 0 Å². The number of nitrogens with zero attached hydrogens (tertiary/aromatic N) is 1. The number of furan rings is 1. The molecule has 0 N–H and O–H groups in total. The van der Waals surface area contributed by atoms with Crippen LogP contribution in [0.15, 0.2) is 144 Å². The zero-order valence-electron chi connectivity index (χ0n) is 22.0. The summed E-state index contributed by atoms with van der Waals surface area (Å²) < 4.78 is 9.48. The second-order valence-corrected chi connectivity index (χ2v) is 12.7. The summed E-state index contributed by atoms with van der Waals surface area (Å²) in [5, 5.41) is 10.3. The van der Waals surface area contributed by atoms with E-state index in [2.05, 4.69) is 138 Å². The molecule has 0 atom stereocenters. The van der Waals surface area contributed by atoms with Crippen LogP contribution in [-0.2, 0) is 0 Å². The summed E-state index contributed by atoms with van der Waals surface area (Å²) in [7, 11) is 0. The van der Waals surface area contributed by atoms with Crippen LogP contribution in [0.4, 0.5) is 17.1 Å². The fourth-order valence-corrected chi connectivity index (χ4v) is 9.03. The summed E-state index contributed by atoms with van der Waals surface area (Å²) in [4.78, 5) is 2.34. The van der Waals surface area contributed by atoms with Gasteiger partial charge in [-0.3, -0.25) is 0 Å². The molecule has 2 nitrogen and oxygen atoms in total. The molecule has 0 spiro atoms. The van der Waals surface area contributed by atoms with E-state index in [9.17, 15) is 0 Å². The number of hydrogen-bond acceptors (Lipinski definition) is 2. The van der Waals surface area contributed by atoms with E-state index in [0.29, 0.717) is 0 Å². The standard InChI is InChI=1S/C38H23NOSe/c1-2-9-26(10-3-1)39(33-14-8-13-30-28-11-4-6-15-34(28)40-37(30)33)27-21-19-24-17-18-25-20-22-31-29-12-5-7-16-35(29)41-38(31)36(25)32(24)23-27/h1-23H. The van der Waals surface area contributed by atoms with Gasteiger partial charge < -0.3 is 0 Å². The number of benzene rings is 7. The van der Waals surface area contributed by atoms with E-state index in [1.165, 1.54) is 40.8 Å². The van der Waals surface area contributed by atoms with Crippen molar-refractivity contribution in [3.8, 4) is 0 Å². The van der Waals surface area contributed by atoms with Crippen LogP contribution in [0, 0.1) is 0 Å². The van der Waals surface area contributed by atoms with Crippen molar-refractivity contribution in [2.75, 3.05) is 4.90 Å². The average molecular weight is 589 g/mol. The molecule has 0 unspecified atom stereocenters. The van der Waals surface area contributed by atoms with Gasteiger partial charge in [-0.25, -0.2) is 0 Å². The van der Waals surface area contributed by atoms with Crippen LogP contribution >= 0.6 is 0 Å². The summed E-state index contributed by atoms with van der Waals surface area (Å²) in [6.45, 7) is 0. The van der Waals surface area contributed by atoms with Crippen LogP contribution in [0.3, 0.4) is 0 Å². The summed E-state index contributed by atoms with van der Waals surface area (Å²) in [6, 6.07) is 50.3. The quantitative estimate of drug-likeness (QED) is 0.151. The molecule has 0 aliphatic heterocycles. The van der Waals surface area contributed by atoms with E-state index in [1.807, 2.05) is 6.07 Å². The van der Waals surface area contributed by atoms with Gasteiger partial charge in [0.1, 0.15) is 0 Å². The Morgan fingerprint density at radius 3 is 2.15 bits per heavy atom. The van der Waals surface area contributed by atoms with Gasteiger partial charge in [-0.2, -0.15) is 0 Å². The number of para-hydroxylation sites is 3. The molecule has 9 rings (SSSR count).